The Kier molecular flexibility index (Phi) is 6.91. The van der Waals surface area contributed by atoms with Gasteiger partial charge in [-0.2, -0.15) is 0 Å². The zero-order valence-corrected chi connectivity index (χ0v) is 12.4. The number of rotatable bonds is 6. The molecule has 0 bridgehead atoms. The monoisotopic (exact) mass is 293 g/mol. The number of hydrogen-bond donors (Lipinski definition) is 1. The summed E-state index contributed by atoms with van der Waals surface area (Å²) < 4.78 is 11.1. The highest BCUT2D eigenvalue weighted by atomic mass is 35.5. The molecule has 0 aliphatic rings. The van der Waals surface area contributed by atoms with Crippen LogP contribution in [0.15, 0.2) is 48.5 Å². The number of alkyl halides is 1. The summed E-state index contributed by atoms with van der Waals surface area (Å²) in [6, 6.07) is 16.0. The van der Waals surface area contributed by atoms with Crippen molar-refractivity contribution in [1.29, 1.82) is 0 Å². The van der Waals surface area contributed by atoms with E-state index >= 15 is 0 Å². The van der Waals surface area contributed by atoms with Gasteiger partial charge < -0.3 is 15.6 Å². The maximum atomic E-state index is 5.79. The Balaban J connectivity index is 0.00000200. The van der Waals surface area contributed by atoms with Crippen LogP contribution in [-0.2, 0) is 13.0 Å². The lowest BCUT2D eigenvalue weighted by Gasteiger charge is -2.12. The highest BCUT2D eigenvalue weighted by Gasteiger charge is 2.06. The summed E-state index contributed by atoms with van der Waals surface area (Å²) in [6.07, 6.45) is 0.830. The van der Waals surface area contributed by atoms with Gasteiger partial charge in [0.25, 0.3) is 0 Å². The Morgan fingerprint density at radius 3 is 2.35 bits per heavy atom. The second kappa shape index (κ2) is 8.46. The Morgan fingerprint density at radius 2 is 1.70 bits per heavy atom. The molecule has 0 atom stereocenters. The summed E-state index contributed by atoms with van der Waals surface area (Å²) in [5.74, 6) is 2.11. The Bertz CT molecular complexity index is 517. The minimum atomic E-state index is 0. The van der Waals surface area contributed by atoms with Crippen molar-refractivity contribution in [1.82, 2.24) is 6.15 Å². The summed E-state index contributed by atoms with van der Waals surface area (Å²) in [7, 11) is 1.65. The molecule has 0 amide bonds. The van der Waals surface area contributed by atoms with Crippen molar-refractivity contribution in [3.05, 3.63) is 59.7 Å². The first kappa shape index (κ1) is 16.3. The first-order valence-electron chi connectivity index (χ1n) is 6.23. The minimum absolute atomic E-state index is 0. The van der Waals surface area contributed by atoms with Crippen molar-refractivity contribution in [2.45, 2.75) is 13.0 Å². The van der Waals surface area contributed by atoms with Crippen LogP contribution in [0, 0.1) is 0 Å². The maximum absolute atomic E-state index is 5.79. The number of aryl methyl sites for hydroxylation is 1. The van der Waals surface area contributed by atoms with E-state index < -0.39 is 0 Å². The lowest BCUT2D eigenvalue weighted by molar-refractivity contribution is 0.284. The summed E-state index contributed by atoms with van der Waals surface area (Å²) in [4.78, 5) is 0. The average Bonchev–Trinajstić information content (AvgIpc) is 2.47. The lowest BCUT2D eigenvalue weighted by Crippen LogP contribution is -1.98. The van der Waals surface area contributed by atoms with Crippen LogP contribution in [0.2, 0.25) is 0 Å². The van der Waals surface area contributed by atoms with Crippen molar-refractivity contribution in [3.8, 4) is 11.5 Å². The molecule has 0 aromatic heterocycles. The number of methoxy groups -OCH3 is 1. The lowest BCUT2D eigenvalue weighted by atomic mass is 10.1. The Hall–Kier alpha value is -1.71. The van der Waals surface area contributed by atoms with Crippen molar-refractivity contribution >= 4 is 11.6 Å². The van der Waals surface area contributed by atoms with E-state index in [0.717, 1.165) is 29.0 Å². The summed E-state index contributed by atoms with van der Waals surface area (Å²) >= 11 is 5.74. The van der Waals surface area contributed by atoms with Crippen LogP contribution in [0.1, 0.15) is 11.1 Å². The van der Waals surface area contributed by atoms with Crippen molar-refractivity contribution in [2.24, 2.45) is 0 Å². The van der Waals surface area contributed by atoms with E-state index in [-0.39, 0.29) is 6.15 Å². The third-order valence-corrected chi connectivity index (χ3v) is 3.04. The van der Waals surface area contributed by atoms with E-state index in [1.54, 1.807) is 7.11 Å². The van der Waals surface area contributed by atoms with E-state index in [1.807, 2.05) is 48.5 Å². The molecular formula is C16H20ClNO2. The molecule has 0 aliphatic carbocycles. The molecule has 0 saturated carbocycles. The highest BCUT2D eigenvalue weighted by molar-refractivity contribution is 6.17. The Morgan fingerprint density at radius 1 is 0.950 bits per heavy atom. The number of benzene rings is 2. The molecule has 0 spiro atoms. The first-order chi connectivity index (χ1) is 9.33. The summed E-state index contributed by atoms with van der Waals surface area (Å²) in [5, 5.41) is 0. The fraction of sp³-hybridized carbons (Fsp3) is 0.250. The maximum Gasteiger partial charge on any atom is 0.161 e. The van der Waals surface area contributed by atoms with Gasteiger partial charge in [0.2, 0.25) is 0 Å². The quantitative estimate of drug-likeness (QED) is 0.811. The number of ether oxygens (including phenoxy) is 2. The molecule has 0 saturated heterocycles. The van der Waals surface area contributed by atoms with Crippen LogP contribution in [0.5, 0.6) is 11.5 Å². The van der Waals surface area contributed by atoms with Crippen LogP contribution in [-0.4, -0.2) is 13.0 Å². The molecule has 0 fully saturated rings. The van der Waals surface area contributed by atoms with Gasteiger partial charge in [0.05, 0.1) is 7.11 Å². The molecule has 0 heterocycles. The molecule has 20 heavy (non-hydrogen) atoms. The Labute approximate surface area is 125 Å². The third kappa shape index (κ3) is 4.44. The molecule has 0 aliphatic heterocycles. The smallest absolute Gasteiger partial charge is 0.161 e. The van der Waals surface area contributed by atoms with Gasteiger partial charge in [0.1, 0.15) is 6.61 Å². The molecule has 2 aromatic rings. The predicted molar refractivity (Wildman–Crippen MR) is 83.2 cm³/mol. The van der Waals surface area contributed by atoms with Gasteiger partial charge in [0, 0.05) is 5.88 Å². The van der Waals surface area contributed by atoms with E-state index in [2.05, 4.69) is 0 Å². The molecule has 3 nitrogen and oxygen atoms in total. The fourth-order valence-electron chi connectivity index (χ4n) is 1.83. The van der Waals surface area contributed by atoms with Crippen molar-refractivity contribution in [3.63, 3.8) is 0 Å². The zero-order chi connectivity index (χ0) is 13.5. The molecule has 0 radical (unpaired) electrons. The summed E-state index contributed by atoms with van der Waals surface area (Å²) in [6.45, 7) is 0.534. The fourth-order valence-corrected chi connectivity index (χ4v) is 2.05. The zero-order valence-electron chi connectivity index (χ0n) is 11.6. The third-order valence-electron chi connectivity index (χ3n) is 2.85. The van der Waals surface area contributed by atoms with Gasteiger partial charge in [-0.1, -0.05) is 36.4 Å². The van der Waals surface area contributed by atoms with Gasteiger partial charge in [-0.05, 0) is 29.7 Å². The van der Waals surface area contributed by atoms with E-state index in [0.29, 0.717) is 12.5 Å². The van der Waals surface area contributed by atoms with Crippen molar-refractivity contribution in [2.75, 3.05) is 13.0 Å². The molecule has 108 valence electrons. The molecule has 0 unspecified atom stereocenters. The summed E-state index contributed by atoms with van der Waals surface area (Å²) in [5.41, 5.74) is 2.29. The molecule has 4 heteroatoms. The second-order valence-corrected chi connectivity index (χ2v) is 4.58. The van der Waals surface area contributed by atoms with Crippen LogP contribution in [0.4, 0.5) is 0 Å². The molecule has 2 aromatic carbocycles. The SMILES string of the molecule is COc1cc(CCCl)ccc1OCc1ccccc1.N. The molecule has 3 N–H and O–H groups in total. The van der Waals surface area contributed by atoms with E-state index in [1.165, 1.54) is 0 Å². The standard InChI is InChI=1S/C16H17ClO2.H3N/c1-18-16-11-13(9-10-17)7-8-15(16)19-12-14-5-3-2-4-6-14;/h2-8,11H,9-10,12H2,1H3;1H3. The van der Waals surface area contributed by atoms with Gasteiger partial charge in [-0.25, -0.2) is 0 Å². The van der Waals surface area contributed by atoms with Crippen LogP contribution < -0.4 is 15.6 Å². The number of hydrogen-bond acceptors (Lipinski definition) is 3. The first-order valence-corrected chi connectivity index (χ1v) is 6.76. The van der Waals surface area contributed by atoms with Crippen molar-refractivity contribution < 1.29 is 9.47 Å². The highest BCUT2D eigenvalue weighted by Crippen LogP contribution is 2.29. The van der Waals surface area contributed by atoms with Crippen LogP contribution in [0.3, 0.4) is 0 Å². The topological polar surface area (TPSA) is 53.5 Å². The van der Waals surface area contributed by atoms with E-state index in [4.69, 9.17) is 21.1 Å². The van der Waals surface area contributed by atoms with Crippen LogP contribution in [0.25, 0.3) is 0 Å². The second-order valence-electron chi connectivity index (χ2n) is 4.20. The molecular weight excluding hydrogens is 274 g/mol. The van der Waals surface area contributed by atoms with Gasteiger partial charge in [-0.15, -0.1) is 11.6 Å². The van der Waals surface area contributed by atoms with Gasteiger partial charge in [0.15, 0.2) is 11.5 Å². The molecule has 2 rings (SSSR count). The van der Waals surface area contributed by atoms with E-state index in [9.17, 15) is 0 Å². The average molecular weight is 294 g/mol. The number of halogens is 1. The van der Waals surface area contributed by atoms with Gasteiger partial charge >= 0.3 is 0 Å². The minimum Gasteiger partial charge on any atom is -0.493 e. The van der Waals surface area contributed by atoms with Crippen LogP contribution >= 0.6 is 11.6 Å². The largest absolute Gasteiger partial charge is 0.493 e. The normalized spacial score (nSPS) is 9.70. The van der Waals surface area contributed by atoms with Gasteiger partial charge in [-0.3, -0.25) is 0 Å². The predicted octanol–water partition coefficient (Wildman–Crippen LogP) is 4.22.